The Kier molecular flexibility index (Phi) is 26.2. The van der Waals surface area contributed by atoms with Crippen molar-refractivity contribution in [1.82, 2.24) is 5.32 Å². The number of rotatable bonds is 28. The third-order valence-electron chi connectivity index (χ3n) is 8.47. The molecule has 46 heavy (non-hydrogen) atoms. The van der Waals surface area contributed by atoms with Crippen LogP contribution in [0.4, 0.5) is 0 Å². The average molecular weight is 654 g/mol. The molecular formula is C37H67NO8. The fourth-order valence-electron chi connectivity index (χ4n) is 5.44. The van der Waals surface area contributed by atoms with Crippen molar-refractivity contribution in [3.05, 3.63) is 36.5 Å². The summed E-state index contributed by atoms with van der Waals surface area (Å²) >= 11 is 0. The van der Waals surface area contributed by atoms with Gasteiger partial charge in [0.05, 0.1) is 25.4 Å². The minimum atomic E-state index is -1.57. The number of aliphatic hydroxyl groups excluding tert-OH is 5. The maximum Gasteiger partial charge on any atom is 0.220 e. The second-order valence-electron chi connectivity index (χ2n) is 12.7. The van der Waals surface area contributed by atoms with E-state index in [9.17, 15) is 30.3 Å². The van der Waals surface area contributed by atoms with E-state index in [1.54, 1.807) is 6.08 Å². The maximum atomic E-state index is 12.8. The Morgan fingerprint density at radius 1 is 0.739 bits per heavy atom. The Labute approximate surface area is 279 Å². The molecule has 9 nitrogen and oxygen atoms in total. The summed E-state index contributed by atoms with van der Waals surface area (Å²) in [6, 6.07) is -0.830. The van der Waals surface area contributed by atoms with E-state index in [4.69, 9.17) is 9.47 Å². The van der Waals surface area contributed by atoms with Crippen molar-refractivity contribution >= 4 is 5.91 Å². The van der Waals surface area contributed by atoms with E-state index < -0.39 is 49.5 Å². The third-order valence-corrected chi connectivity index (χ3v) is 8.47. The van der Waals surface area contributed by atoms with E-state index in [-0.39, 0.29) is 18.9 Å². The highest BCUT2D eigenvalue weighted by Gasteiger charge is 2.44. The summed E-state index contributed by atoms with van der Waals surface area (Å²) in [6.45, 7) is 3.65. The Morgan fingerprint density at radius 3 is 1.91 bits per heavy atom. The molecule has 1 heterocycles. The molecule has 0 aromatic carbocycles. The van der Waals surface area contributed by atoms with Gasteiger partial charge in [0.15, 0.2) is 6.29 Å². The predicted molar refractivity (Wildman–Crippen MR) is 184 cm³/mol. The second-order valence-corrected chi connectivity index (χ2v) is 12.7. The summed E-state index contributed by atoms with van der Waals surface area (Å²) in [5, 5.41) is 53.7. The van der Waals surface area contributed by atoms with Gasteiger partial charge in [-0.25, -0.2) is 0 Å². The SMILES string of the molecule is CCCCC/C=C\C/C=C\CCC(=O)N[C@@H](COC1OC(CO)C(O)C(O)C1O)[C@H](O)/C=C/CCCCCCCCCCCCC. The fourth-order valence-corrected chi connectivity index (χ4v) is 5.44. The molecule has 0 aromatic heterocycles. The topological polar surface area (TPSA) is 149 Å². The van der Waals surface area contributed by atoms with Gasteiger partial charge in [-0.2, -0.15) is 0 Å². The zero-order valence-electron chi connectivity index (χ0n) is 28.8. The number of ether oxygens (including phenoxy) is 2. The van der Waals surface area contributed by atoms with Crippen LogP contribution in [-0.2, 0) is 14.3 Å². The molecule has 9 heteroatoms. The highest BCUT2D eigenvalue weighted by Crippen LogP contribution is 2.22. The molecule has 0 aliphatic carbocycles. The molecule has 1 aliphatic rings. The first-order chi connectivity index (χ1) is 22.3. The summed E-state index contributed by atoms with van der Waals surface area (Å²) in [5.41, 5.74) is 0. The van der Waals surface area contributed by atoms with E-state index in [1.807, 2.05) is 18.2 Å². The van der Waals surface area contributed by atoms with Crippen LogP contribution in [0.2, 0.25) is 0 Å². The van der Waals surface area contributed by atoms with E-state index in [1.165, 1.54) is 77.0 Å². The van der Waals surface area contributed by atoms with Crippen LogP contribution in [0.25, 0.3) is 0 Å². The second kappa shape index (κ2) is 28.4. The molecule has 1 rings (SSSR count). The number of allylic oxidation sites excluding steroid dienone is 5. The fraction of sp³-hybridized carbons (Fsp3) is 0.811. The minimum Gasteiger partial charge on any atom is -0.394 e. The third kappa shape index (κ3) is 19.9. The lowest BCUT2D eigenvalue weighted by Gasteiger charge is -2.40. The van der Waals surface area contributed by atoms with E-state index in [0.717, 1.165) is 32.1 Å². The summed E-state index contributed by atoms with van der Waals surface area (Å²) in [4.78, 5) is 12.8. The van der Waals surface area contributed by atoms with Gasteiger partial charge in [-0.3, -0.25) is 4.79 Å². The normalized spacial score (nSPS) is 23.5. The van der Waals surface area contributed by atoms with Crippen LogP contribution in [0, 0.1) is 0 Å². The largest absolute Gasteiger partial charge is 0.394 e. The van der Waals surface area contributed by atoms with Crippen molar-refractivity contribution in [2.45, 2.75) is 179 Å². The number of unbranched alkanes of at least 4 members (excludes halogenated alkanes) is 14. The van der Waals surface area contributed by atoms with Crippen LogP contribution < -0.4 is 5.32 Å². The van der Waals surface area contributed by atoms with Gasteiger partial charge in [0.25, 0.3) is 0 Å². The highest BCUT2D eigenvalue weighted by molar-refractivity contribution is 5.76. The standard InChI is InChI=1S/C37H67NO8/c1-3-5-7-9-11-13-15-16-17-18-20-22-24-26-31(40)30(29-45-37-36(44)35(43)34(42)32(28-39)46-37)38-33(41)27-25-23-21-19-14-12-10-8-6-4-2/h12,14,21,23-24,26,30-32,34-37,39-40,42-44H,3-11,13,15-20,22,25,27-29H2,1-2H3,(H,38,41)/b14-12-,23-21-,26-24+/t30-,31+,32?,34?,35?,36?,37?/m0/s1. The predicted octanol–water partition coefficient (Wildman–Crippen LogP) is 5.77. The van der Waals surface area contributed by atoms with Gasteiger partial charge in [0.2, 0.25) is 5.91 Å². The van der Waals surface area contributed by atoms with Crippen molar-refractivity contribution < 1.29 is 39.8 Å². The number of carbonyl (C=O) groups is 1. The van der Waals surface area contributed by atoms with Gasteiger partial charge in [-0.15, -0.1) is 0 Å². The summed E-state index contributed by atoms with van der Waals surface area (Å²) in [5.74, 6) is -0.250. The molecule has 0 bridgehead atoms. The Hall–Kier alpha value is -1.59. The molecule has 0 radical (unpaired) electrons. The Morgan fingerprint density at radius 2 is 1.28 bits per heavy atom. The van der Waals surface area contributed by atoms with Gasteiger partial charge in [-0.1, -0.05) is 127 Å². The molecule has 1 aliphatic heterocycles. The van der Waals surface area contributed by atoms with Crippen LogP contribution in [0.3, 0.4) is 0 Å². The van der Waals surface area contributed by atoms with Crippen molar-refractivity contribution in [3.63, 3.8) is 0 Å². The number of carbonyl (C=O) groups excluding carboxylic acids is 1. The Bertz CT molecular complexity index is 817. The van der Waals surface area contributed by atoms with Crippen molar-refractivity contribution in [1.29, 1.82) is 0 Å². The molecule has 5 unspecified atom stereocenters. The molecule has 1 fully saturated rings. The van der Waals surface area contributed by atoms with Crippen LogP contribution in [0.5, 0.6) is 0 Å². The van der Waals surface area contributed by atoms with Crippen molar-refractivity contribution in [3.8, 4) is 0 Å². The summed E-state index contributed by atoms with van der Waals surface area (Å²) in [6.07, 6.45) is 24.9. The number of aliphatic hydroxyl groups is 5. The molecule has 268 valence electrons. The van der Waals surface area contributed by atoms with Gasteiger partial charge in [-0.05, 0) is 38.5 Å². The first kappa shape index (κ1) is 42.4. The first-order valence-electron chi connectivity index (χ1n) is 18.2. The Balaban J connectivity index is 2.54. The lowest BCUT2D eigenvalue weighted by molar-refractivity contribution is -0.302. The number of hydrogen-bond donors (Lipinski definition) is 6. The van der Waals surface area contributed by atoms with Crippen molar-refractivity contribution in [2.24, 2.45) is 0 Å². The van der Waals surface area contributed by atoms with Gasteiger partial charge in [0, 0.05) is 6.42 Å². The lowest BCUT2D eigenvalue weighted by atomic mass is 9.99. The zero-order chi connectivity index (χ0) is 33.8. The van der Waals surface area contributed by atoms with Gasteiger partial charge >= 0.3 is 0 Å². The van der Waals surface area contributed by atoms with Crippen LogP contribution in [0.1, 0.15) is 136 Å². The minimum absolute atomic E-state index is 0.211. The van der Waals surface area contributed by atoms with Gasteiger partial charge in [0.1, 0.15) is 24.4 Å². The number of amides is 1. The monoisotopic (exact) mass is 653 g/mol. The average Bonchev–Trinajstić information content (AvgIpc) is 3.05. The highest BCUT2D eigenvalue weighted by atomic mass is 16.7. The lowest BCUT2D eigenvalue weighted by Crippen LogP contribution is -2.60. The van der Waals surface area contributed by atoms with Crippen LogP contribution in [0.15, 0.2) is 36.5 Å². The van der Waals surface area contributed by atoms with Gasteiger partial charge < -0.3 is 40.3 Å². The zero-order valence-corrected chi connectivity index (χ0v) is 28.8. The molecule has 7 atom stereocenters. The molecule has 6 N–H and O–H groups in total. The number of hydrogen-bond acceptors (Lipinski definition) is 8. The summed E-state index contributed by atoms with van der Waals surface area (Å²) < 4.78 is 11.1. The van der Waals surface area contributed by atoms with Crippen LogP contribution >= 0.6 is 0 Å². The molecule has 1 amide bonds. The van der Waals surface area contributed by atoms with E-state index in [0.29, 0.717) is 6.42 Å². The number of nitrogens with one attached hydrogen (secondary N) is 1. The molecule has 0 saturated carbocycles. The first-order valence-corrected chi connectivity index (χ1v) is 18.2. The smallest absolute Gasteiger partial charge is 0.220 e. The quantitative estimate of drug-likeness (QED) is 0.0461. The molecule has 1 saturated heterocycles. The van der Waals surface area contributed by atoms with E-state index >= 15 is 0 Å². The maximum absolute atomic E-state index is 12.8. The molecular weight excluding hydrogens is 586 g/mol. The molecule has 0 aromatic rings. The molecule has 0 spiro atoms. The van der Waals surface area contributed by atoms with Crippen LogP contribution in [-0.4, -0.2) is 87.5 Å². The van der Waals surface area contributed by atoms with Crippen molar-refractivity contribution in [2.75, 3.05) is 13.2 Å². The summed E-state index contributed by atoms with van der Waals surface area (Å²) in [7, 11) is 0. The van der Waals surface area contributed by atoms with E-state index in [2.05, 4.69) is 31.3 Å².